The molecule has 10 heteroatoms. The second-order valence-corrected chi connectivity index (χ2v) is 12.3. The van der Waals surface area contributed by atoms with E-state index in [9.17, 15) is 4.21 Å². The fraction of sp³-hybridized carbons (Fsp3) is 0.560. The number of aromatic nitrogens is 4. The van der Waals surface area contributed by atoms with Crippen LogP contribution in [-0.2, 0) is 11.0 Å². The van der Waals surface area contributed by atoms with Gasteiger partial charge in [-0.25, -0.2) is 4.21 Å². The van der Waals surface area contributed by atoms with Crippen molar-refractivity contribution in [2.75, 3.05) is 23.1 Å². The lowest BCUT2D eigenvalue weighted by Crippen LogP contribution is -2.37. The number of anilines is 2. The van der Waals surface area contributed by atoms with E-state index in [1.165, 1.54) is 0 Å². The van der Waals surface area contributed by atoms with Crippen LogP contribution in [0.15, 0.2) is 30.5 Å². The lowest BCUT2D eigenvalue weighted by molar-refractivity contribution is 0.153. The molecule has 0 saturated carbocycles. The maximum atomic E-state index is 12.8. The smallest absolute Gasteiger partial charge is 0.322 e. The fourth-order valence-corrected chi connectivity index (χ4v) is 4.68. The number of rotatable bonds is 8. The quantitative estimate of drug-likeness (QED) is 0.421. The van der Waals surface area contributed by atoms with Gasteiger partial charge < -0.3 is 20.1 Å². The number of hydrogen-bond donors (Lipinski definition) is 3. The first-order valence-corrected chi connectivity index (χ1v) is 13.5. The standard InChI is InChI=1S/C25H37N7O2S/c1-16(2)20-15-27-32-22(20)29-24(34-18-10-9-13-26-14-18)30-23(32)28-17(3)19-11-7-8-12-21(19)31-35(33)25(4,5)6/h7-8,11-12,15-18,26,31H,9-10,13-14H2,1-6H3,(H,28,29,30)/t17?,18-,35?/m1/s1. The average molecular weight is 500 g/mol. The number of para-hydroxylation sites is 1. The Morgan fingerprint density at radius 3 is 2.63 bits per heavy atom. The third-order valence-corrected chi connectivity index (χ3v) is 7.57. The topological polar surface area (TPSA) is 105 Å². The van der Waals surface area contributed by atoms with Crippen LogP contribution in [-0.4, -0.2) is 47.7 Å². The minimum atomic E-state index is -1.24. The van der Waals surface area contributed by atoms with Gasteiger partial charge in [0.1, 0.15) is 17.1 Å². The van der Waals surface area contributed by atoms with Gasteiger partial charge in [-0.3, -0.25) is 0 Å². The van der Waals surface area contributed by atoms with Crippen molar-refractivity contribution in [1.82, 2.24) is 24.9 Å². The van der Waals surface area contributed by atoms with E-state index in [1.54, 1.807) is 4.52 Å². The Morgan fingerprint density at radius 2 is 1.94 bits per heavy atom. The summed E-state index contributed by atoms with van der Waals surface area (Å²) < 4.78 is 23.5. The van der Waals surface area contributed by atoms with Gasteiger partial charge in [-0.15, -0.1) is 0 Å². The summed E-state index contributed by atoms with van der Waals surface area (Å²) in [6.07, 6.45) is 3.93. The molecule has 190 valence electrons. The highest BCUT2D eigenvalue weighted by atomic mass is 32.2. The second-order valence-electron chi connectivity index (χ2n) is 10.3. The molecule has 0 amide bonds. The summed E-state index contributed by atoms with van der Waals surface area (Å²) >= 11 is 0. The third-order valence-electron chi connectivity index (χ3n) is 6.05. The van der Waals surface area contributed by atoms with E-state index in [2.05, 4.69) is 34.3 Å². The first kappa shape index (κ1) is 25.4. The molecule has 0 spiro atoms. The van der Waals surface area contributed by atoms with Crippen molar-refractivity contribution in [3.8, 4) is 6.01 Å². The number of fused-ring (bicyclic) bond motifs is 1. The van der Waals surface area contributed by atoms with Crippen molar-refractivity contribution < 1.29 is 8.95 Å². The van der Waals surface area contributed by atoms with E-state index >= 15 is 0 Å². The van der Waals surface area contributed by atoms with Gasteiger partial charge in [-0.2, -0.15) is 19.6 Å². The molecule has 1 saturated heterocycles. The normalized spacial score (nSPS) is 18.4. The molecule has 2 aromatic heterocycles. The number of piperidine rings is 1. The van der Waals surface area contributed by atoms with Crippen molar-refractivity contribution >= 4 is 28.3 Å². The first-order chi connectivity index (χ1) is 16.6. The van der Waals surface area contributed by atoms with E-state index in [0.29, 0.717) is 12.0 Å². The summed E-state index contributed by atoms with van der Waals surface area (Å²) in [5, 5.41) is 11.4. The predicted molar refractivity (Wildman–Crippen MR) is 141 cm³/mol. The number of nitrogens with zero attached hydrogens (tertiary/aromatic N) is 4. The van der Waals surface area contributed by atoms with Gasteiger partial charge in [0.15, 0.2) is 5.65 Å². The molecule has 3 heterocycles. The van der Waals surface area contributed by atoms with Gasteiger partial charge in [-0.05, 0) is 64.6 Å². The molecule has 3 N–H and O–H groups in total. The summed E-state index contributed by atoms with van der Waals surface area (Å²) in [7, 11) is -1.24. The van der Waals surface area contributed by atoms with Crippen LogP contribution in [0.4, 0.5) is 11.6 Å². The Hall–Kier alpha value is -2.72. The van der Waals surface area contributed by atoms with E-state index in [1.807, 2.05) is 58.2 Å². The highest BCUT2D eigenvalue weighted by molar-refractivity contribution is 7.87. The summed E-state index contributed by atoms with van der Waals surface area (Å²) in [6.45, 7) is 13.9. The summed E-state index contributed by atoms with van der Waals surface area (Å²) in [5.41, 5.74) is 3.58. The molecule has 35 heavy (non-hydrogen) atoms. The van der Waals surface area contributed by atoms with Crippen LogP contribution in [0, 0.1) is 0 Å². The largest absolute Gasteiger partial charge is 0.459 e. The van der Waals surface area contributed by atoms with Gasteiger partial charge in [0, 0.05) is 12.1 Å². The molecular formula is C25H37N7O2S. The molecule has 1 aliphatic heterocycles. The average Bonchev–Trinajstić information content (AvgIpc) is 3.24. The van der Waals surface area contributed by atoms with Gasteiger partial charge in [0.25, 0.3) is 0 Å². The predicted octanol–water partition coefficient (Wildman–Crippen LogP) is 4.43. The van der Waals surface area contributed by atoms with Gasteiger partial charge in [0.2, 0.25) is 5.95 Å². The zero-order chi connectivity index (χ0) is 25.2. The van der Waals surface area contributed by atoms with E-state index in [0.717, 1.165) is 48.4 Å². The number of hydrogen-bond acceptors (Lipinski definition) is 7. The van der Waals surface area contributed by atoms with Crippen molar-refractivity contribution in [1.29, 1.82) is 0 Å². The van der Waals surface area contributed by atoms with E-state index < -0.39 is 11.0 Å². The summed E-state index contributed by atoms with van der Waals surface area (Å²) in [4.78, 5) is 9.43. The van der Waals surface area contributed by atoms with Gasteiger partial charge >= 0.3 is 6.01 Å². The maximum Gasteiger partial charge on any atom is 0.322 e. The Balaban J connectivity index is 1.66. The Morgan fingerprint density at radius 1 is 1.17 bits per heavy atom. The van der Waals surface area contributed by atoms with Gasteiger partial charge in [-0.1, -0.05) is 32.0 Å². The van der Waals surface area contributed by atoms with Crippen molar-refractivity contribution in [2.24, 2.45) is 0 Å². The molecule has 4 rings (SSSR count). The summed E-state index contributed by atoms with van der Waals surface area (Å²) in [6, 6.07) is 8.08. The number of ether oxygens (including phenoxy) is 1. The molecule has 0 bridgehead atoms. The molecule has 0 radical (unpaired) electrons. The van der Waals surface area contributed by atoms with Crippen molar-refractivity contribution in [3.05, 3.63) is 41.6 Å². The lowest BCUT2D eigenvalue weighted by atomic mass is 10.1. The monoisotopic (exact) mass is 499 g/mol. The molecule has 9 nitrogen and oxygen atoms in total. The first-order valence-electron chi connectivity index (χ1n) is 12.3. The Kier molecular flexibility index (Phi) is 7.61. The van der Waals surface area contributed by atoms with Crippen LogP contribution in [0.2, 0.25) is 0 Å². The fourth-order valence-electron chi connectivity index (χ4n) is 3.99. The highest BCUT2D eigenvalue weighted by Crippen LogP contribution is 2.29. The van der Waals surface area contributed by atoms with Crippen molar-refractivity contribution in [3.63, 3.8) is 0 Å². The maximum absolute atomic E-state index is 12.8. The zero-order valence-electron chi connectivity index (χ0n) is 21.5. The minimum absolute atomic E-state index is 0.0409. The van der Waals surface area contributed by atoms with Crippen LogP contribution in [0.3, 0.4) is 0 Å². The van der Waals surface area contributed by atoms with Crippen molar-refractivity contribution in [2.45, 2.75) is 77.2 Å². The lowest BCUT2D eigenvalue weighted by Gasteiger charge is -2.24. The van der Waals surface area contributed by atoms with Crippen LogP contribution in [0.5, 0.6) is 6.01 Å². The molecule has 1 aliphatic rings. The second kappa shape index (κ2) is 10.5. The van der Waals surface area contributed by atoms with E-state index in [-0.39, 0.29) is 22.8 Å². The molecule has 0 aliphatic carbocycles. The molecule has 3 atom stereocenters. The molecule has 3 aromatic rings. The Bertz CT molecular complexity index is 1180. The Labute approximate surface area is 210 Å². The van der Waals surface area contributed by atoms with E-state index in [4.69, 9.17) is 14.7 Å². The van der Waals surface area contributed by atoms with Gasteiger partial charge in [0.05, 0.1) is 22.7 Å². The van der Waals surface area contributed by atoms with Crippen LogP contribution >= 0.6 is 0 Å². The third kappa shape index (κ3) is 5.92. The summed E-state index contributed by atoms with van der Waals surface area (Å²) in [5.74, 6) is 0.814. The number of nitrogens with one attached hydrogen (secondary N) is 3. The molecular weight excluding hydrogens is 462 g/mol. The number of benzene rings is 1. The molecule has 1 aromatic carbocycles. The van der Waals surface area contributed by atoms with Crippen LogP contribution in [0.25, 0.3) is 5.65 Å². The van der Waals surface area contributed by atoms with Crippen LogP contribution < -0.4 is 20.1 Å². The molecule has 1 fully saturated rings. The SMILES string of the molecule is CC(C)c1cnn2c(NC(C)c3ccccc3NS(=O)C(C)(C)C)nc(O[C@@H]3CCCNC3)nc12. The molecule has 2 unspecified atom stereocenters. The highest BCUT2D eigenvalue weighted by Gasteiger charge is 2.23. The zero-order valence-corrected chi connectivity index (χ0v) is 22.3. The van der Waals surface area contributed by atoms with Crippen LogP contribution in [0.1, 0.15) is 77.5 Å². The minimum Gasteiger partial charge on any atom is -0.459 e.